The fourth-order valence-corrected chi connectivity index (χ4v) is 3.01. The van der Waals surface area contributed by atoms with Crippen LogP contribution in [0.3, 0.4) is 0 Å². The highest BCUT2D eigenvalue weighted by atomic mass is 32.1. The van der Waals surface area contributed by atoms with Crippen molar-refractivity contribution in [3.63, 3.8) is 0 Å². The summed E-state index contributed by atoms with van der Waals surface area (Å²) in [7, 11) is 0. The molecule has 0 spiro atoms. The number of nitrogens with one attached hydrogen (secondary N) is 1. The molecule has 4 heteroatoms. The number of aromatic hydroxyl groups is 1. The first-order valence-electron chi connectivity index (χ1n) is 6.53. The minimum absolute atomic E-state index is 0.164. The van der Waals surface area contributed by atoms with E-state index in [0.29, 0.717) is 5.75 Å². The molecule has 1 atom stereocenters. The number of aromatic nitrogens is 1. The van der Waals surface area contributed by atoms with Gasteiger partial charge in [-0.3, -0.25) is 4.98 Å². The molecule has 2 N–H and O–H groups in total. The van der Waals surface area contributed by atoms with Crippen LogP contribution in [0.15, 0.2) is 41.9 Å². The van der Waals surface area contributed by atoms with Gasteiger partial charge in [0.25, 0.3) is 0 Å². The standard InChI is InChI=1S/C16H16N2OS/c1-10-7-13(19)3-4-14(10)18-11(2)12-8-16-15(17-9-12)5-6-20-16/h3-9,11,18-19H,1-2H3. The second-order valence-electron chi connectivity index (χ2n) is 4.94. The van der Waals surface area contributed by atoms with Gasteiger partial charge >= 0.3 is 0 Å². The van der Waals surface area contributed by atoms with Crippen molar-refractivity contribution in [3.8, 4) is 5.75 Å². The number of aryl methyl sites for hydroxylation is 1. The highest BCUT2D eigenvalue weighted by Crippen LogP contribution is 2.27. The normalized spacial score (nSPS) is 12.5. The van der Waals surface area contributed by atoms with Crippen LogP contribution >= 0.6 is 11.3 Å². The molecule has 0 amide bonds. The lowest BCUT2D eigenvalue weighted by Crippen LogP contribution is -2.07. The van der Waals surface area contributed by atoms with Crippen LogP contribution in [-0.2, 0) is 0 Å². The summed E-state index contributed by atoms with van der Waals surface area (Å²) in [5.41, 5.74) is 4.27. The lowest BCUT2D eigenvalue weighted by atomic mass is 10.1. The number of rotatable bonds is 3. The smallest absolute Gasteiger partial charge is 0.115 e. The van der Waals surface area contributed by atoms with E-state index in [-0.39, 0.29) is 6.04 Å². The van der Waals surface area contributed by atoms with E-state index in [1.54, 1.807) is 23.5 Å². The number of hydrogen-bond acceptors (Lipinski definition) is 4. The first kappa shape index (κ1) is 12.9. The number of anilines is 1. The fourth-order valence-electron chi connectivity index (χ4n) is 2.22. The molecule has 0 fully saturated rings. The Balaban J connectivity index is 1.86. The van der Waals surface area contributed by atoms with E-state index in [0.717, 1.165) is 22.3 Å². The maximum atomic E-state index is 9.45. The third kappa shape index (κ3) is 2.47. The first-order chi connectivity index (χ1) is 9.63. The Hall–Kier alpha value is -2.07. The number of hydrogen-bond donors (Lipinski definition) is 2. The molecular formula is C16H16N2OS. The molecule has 2 heterocycles. The molecular weight excluding hydrogens is 268 g/mol. The SMILES string of the molecule is Cc1cc(O)ccc1NC(C)c1cnc2ccsc2c1. The van der Waals surface area contributed by atoms with Crippen molar-refractivity contribution >= 4 is 27.2 Å². The van der Waals surface area contributed by atoms with Crippen molar-refractivity contribution in [2.45, 2.75) is 19.9 Å². The molecule has 20 heavy (non-hydrogen) atoms. The third-order valence-corrected chi connectivity index (χ3v) is 4.26. The van der Waals surface area contributed by atoms with E-state index in [2.05, 4.69) is 28.7 Å². The van der Waals surface area contributed by atoms with Crippen LogP contribution in [0.25, 0.3) is 10.2 Å². The van der Waals surface area contributed by atoms with Gasteiger partial charge in [0.1, 0.15) is 5.75 Å². The van der Waals surface area contributed by atoms with Gasteiger partial charge in [-0.1, -0.05) is 0 Å². The molecule has 1 aromatic carbocycles. The Bertz CT molecular complexity index is 751. The molecule has 0 saturated carbocycles. The second-order valence-corrected chi connectivity index (χ2v) is 5.89. The predicted octanol–water partition coefficient (Wildman–Crippen LogP) is 4.48. The minimum atomic E-state index is 0.164. The zero-order chi connectivity index (χ0) is 14.1. The molecule has 3 nitrogen and oxygen atoms in total. The molecule has 2 aromatic heterocycles. The Labute approximate surface area is 121 Å². The zero-order valence-electron chi connectivity index (χ0n) is 11.4. The average Bonchev–Trinajstić information content (AvgIpc) is 2.89. The first-order valence-corrected chi connectivity index (χ1v) is 7.41. The van der Waals surface area contributed by atoms with Crippen LogP contribution in [0.4, 0.5) is 5.69 Å². The molecule has 0 saturated heterocycles. The van der Waals surface area contributed by atoms with E-state index in [1.807, 2.05) is 25.3 Å². The van der Waals surface area contributed by atoms with E-state index in [4.69, 9.17) is 0 Å². The number of phenolic OH excluding ortho intramolecular Hbond substituents is 1. The third-order valence-electron chi connectivity index (χ3n) is 3.41. The molecule has 0 aliphatic heterocycles. The number of thiophene rings is 1. The van der Waals surface area contributed by atoms with Gasteiger partial charge in [0.05, 0.1) is 16.3 Å². The van der Waals surface area contributed by atoms with E-state index < -0.39 is 0 Å². The molecule has 1 unspecified atom stereocenters. The summed E-state index contributed by atoms with van der Waals surface area (Å²) in [6.07, 6.45) is 1.92. The molecule has 0 aliphatic carbocycles. The van der Waals surface area contributed by atoms with Gasteiger partial charge in [-0.05, 0) is 60.7 Å². The van der Waals surface area contributed by atoms with E-state index in [1.165, 1.54) is 4.70 Å². The van der Waals surface area contributed by atoms with Crippen LogP contribution in [-0.4, -0.2) is 10.1 Å². The molecule has 3 rings (SSSR count). The summed E-state index contributed by atoms with van der Waals surface area (Å²) in [4.78, 5) is 4.47. The second kappa shape index (κ2) is 5.13. The Kier molecular flexibility index (Phi) is 3.32. The summed E-state index contributed by atoms with van der Waals surface area (Å²) in [6.45, 7) is 4.10. The quantitative estimate of drug-likeness (QED) is 0.697. The fraction of sp³-hybridized carbons (Fsp3) is 0.188. The van der Waals surface area contributed by atoms with Crippen LogP contribution in [0, 0.1) is 6.92 Å². The van der Waals surface area contributed by atoms with Gasteiger partial charge in [0, 0.05) is 11.9 Å². The van der Waals surface area contributed by atoms with Gasteiger partial charge in [0.15, 0.2) is 0 Å². The topological polar surface area (TPSA) is 45.1 Å². The lowest BCUT2D eigenvalue weighted by molar-refractivity contribution is 0.475. The molecule has 0 aliphatic rings. The molecule has 3 aromatic rings. The average molecular weight is 284 g/mol. The van der Waals surface area contributed by atoms with E-state index >= 15 is 0 Å². The van der Waals surface area contributed by atoms with Crippen LogP contribution in [0.1, 0.15) is 24.1 Å². The largest absolute Gasteiger partial charge is 0.508 e. The lowest BCUT2D eigenvalue weighted by Gasteiger charge is -2.17. The number of fused-ring (bicyclic) bond motifs is 1. The predicted molar refractivity (Wildman–Crippen MR) is 84.5 cm³/mol. The van der Waals surface area contributed by atoms with Crippen molar-refractivity contribution in [3.05, 3.63) is 53.0 Å². The van der Waals surface area contributed by atoms with Crippen molar-refractivity contribution in [2.75, 3.05) is 5.32 Å². The zero-order valence-corrected chi connectivity index (χ0v) is 12.2. The van der Waals surface area contributed by atoms with E-state index in [9.17, 15) is 5.11 Å². The van der Waals surface area contributed by atoms with Crippen molar-refractivity contribution in [1.82, 2.24) is 4.98 Å². The van der Waals surface area contributed by atoms with Crippen LogP contribution in [0.2, 0.25) is 0 Å². The van der Waals surface area contributed by atoms with Crippen LogP contribution in [0.5, 0.6) is 5.75 Å². The molecule has 0 radical (unpaired) electrons. The highest BCUT2D eigenvalue weighted by Gasteiger charge is 2.09. The summed E-state index contributed by atoms with van der Waals surface area (Å²) in [5.74, 6) is 0.294. The molecule has 102 valence electrons. The number of nitrogens with zero attached hydrogens (tertiary/aromatic N) is 1. The van der Waals surface area contributed by atoms with Crippen molar-refractivity contribution in [1.29, 1.82) is 0 Å². The minimum Gasteiger partial charge on any atom is -0.508 e. The summed E-state index contributed by atoms with van der Waals surface area (Å²) in [6, 6.07) is 9.74. The Morgan fingerprint density at radius 1 is 1.25 bits per heavy atom. The summed E-state index contributed by atoms with van der Waals surface area (Å²) in [5, 5.41) is 15.0. The Morgan fingerprint density at radius 2 is 2.10 bits per heavy atom. The van der Waals surface area contributed by atoms with Crippen LogP contribution < -0.4 is 5.32 Å². The molecule has 0 bridgehead atoms. The number of pyridine rings is 1. The van der Waals surface area contributed by atoms with Gasteiger partial charge in [0.2, 0.25) is 0 Å². The van der Waals surface area contributed by atoms with Crippen molar-refractivity contribution in [2.24, 2.45) is 0 Å². The van der Waals surface area contributed by atoms with Gasteiger partial charge < -0.3 is 10.4 Å². The maximum Gasteiger partial charge on any atom is 0.115 e. The Morgan fingerprint density at radius 3 is 2.90 bits per heavy atom. The number of benzene rings is 1. The van der Waals surface area contributed by atoms with Crippen molar-refractivity contribution < 1.29 is 5.11 Å². The monoisotopic (exact) mass is 284 g/mol. The van der Waals surface area contributed by atoms with Gasteiger partial charge in [-0.15, -0.1) is 11.3 Å². The summed E-state index contributed by atoms with van der Waals surface area (Å²) >= 11 is 1.71. The van der Waals surface area contributed by atoms with Gasteiger partial charge in [-0.25, -0.2) is 0 Å². The maximum absolute atomic E-state index is 9.45. The van der Waals surface area contributed by atoms with Gasteiger partial charge in [-0.2, -0.15) is 0 Å². The number of phenols is 1. The summed E-state index contributed by atoms with van der Waals surface area (Å²) < 4.78 is 1.21. The highest BCUT2D eigenvalue weighted by molar-refractivity contribution is 7.17.